The molecular weight excluding hydrogens is 447 g/mol. The van der Waals surface area contributed by atoms with Gasteiger partial charge in [0, 0.05) is 18.7 Å². The van der Waals surface area contributed by atoms with Crippen molar-refractivity contribution < 1.29 is 23.8 Å². The number of carboxylic acids is 1. The molecule has 3 N–H and O–H groups in total. The first kappa shape index (κ1) is 24.4. The molecule has 3 aromatic rings. The first-order valence-electron chi connectivity index (χ1n) is 11.8. The lowest BCUT2D eigenvalue weighted by atomic mass is 9.85. The second kappa shape index (κ2) is 11.1. The maximum atomic E-state index is 14.9. The van der Waals surface area contributed by atoms with Gasteiger partial charge >= 0.3 is 5.97 Å². The average molecular weight is 477 g/mol. The fourth-order valence-corrected chi connectivity index (χ4v) is 4.55. The molecule has 7 heteroatoms. The van der Waals surface area contributed by atoms with Crippen LogP contribution in [0, 0.1) is 5.82 Å². The van der Waals surface area contributed by atoms with Gasteiger partial charge in [-0.1, -0.05) is 48.5 Å². The maximum absolute atomic E-state index is 14.9. The molecule has 0 aromatic heterocycles. The van der Waals surface area contributed by atoms with Crippen LogP contribution in [-0.4, -0.2) is 36.7 Å². The predicted octanol–water partition coefficient (Wildman–Crippen LogP) is 4.06. The molecule has 3 aromatic carbocycles. The number of nitrogens with one attached hydrogen (secondary N) is 2. The van der Waals surface area contributed by atoms with Crippen LogP contribution < -0.4 is 15.4 Å². The standard InChI is InChI=1S/C28H29FN2O4/c1-2-35-24-16-19(17-25(32)33)8-9-20(24)21-10-11-23(29)22-13-15-30-27(26(21)22)28(34)31-14-12-18-6-4-3-5-7-18/h3-11,16,27,30H,2,12-15,17H2,1H3,(H,31,34)(H,32,33). The van der Waals surface area contributed by atoms with Crippen LogP contribution in [-0.2, 0) is 28.9 Å². The number of carbonyl (C=O) groups is 2. The average Bonchev–Trinajstić information content (AvgIpc) is 2.85. The minimum absolute atomic E-state index is 0.129. The van der Waals surface area contributed by atoms with Crippen LogP contribution in [0.15, 0.2) is 60.7 Å². The highest BCUT2D eigenvalue weighted by Crippen LogP contribution is 2.39. The Morgan fingerprint density at radius 1 is 1.09 bits per heavy atom. The number of fused-ring (bicyclic) bond motifs is 1. The minimum atomic E-state index is -0.934. The second-order valence-electron chi connectivity index (χ2n) is 8.48. The van der Waals surface area contributed by atoms with Crippen molar-refractivity contribution in [1.82, 2.24) is 10.6 Å². The van der Waals surface area contributed by atoms with Crippen molar-refractivity contribution in [2.45, 2.75) is 32.2 Å². The van der Waals surface area contributed by atoms with Crippen molar-refractivity contribution in [2.24, 2.45) is 0 Å². The van der Waals surface area contributed by atoms with E-state index in [1.54, 1.807) is 24.3 Å². The molecule has 1 unspecified atom stereocenters. The molecule has 0 radical (unpaired) electrons. The number of hydrogen-bond acceptors (Lipinski definition) is 4. The summed E-state index contributed by atoms with van der Waals surface area (Å²) in [5, 5.41) is 15.4. The van der Waals surface area contributed by atoms with Crippen LogP contribution in [0.1, 0.15) is 35.2 Å². The number of benzene rings is 3. The highest BCUT2D eigenvalue weighted by molar-refractivity contribution is 5.88. The molecule has 1 atom stereocenters. The Hall–Kier alpha value is -3.71. The molecule has 1 heterocycles. The summed E-state index contributed by atoms with van der Waals surface area (Å²) in [4.78, 5) is 24.4. The quantitative estimate of drug-likeness (QED) is 0.434. The van der Waals surface area contributed by atoms with E-state index in [1.165, 1.54) is 6.07 Å². The summed E-state index contributed by atoms with van der Waals surface area (Å²) in [6.07, 6.45) is 1.03. The monoisotopic (exact) mass is 476 g/mol. The lowest BCUT2D eigenvalue weighted by Gasteiger charge is -2.29. The molecule has 1 aliphatic rings. The van der Waals surface area contributed by atoms with E-state index in [2.05, 4.69) is 10.6 Å². The maximum Gasteiger partial charge on any atom is 0.307 e. The molecule has 6 nitrogen and oxygen atoms in total. The molecule has 182 valence electrons. The van der Waals surface area contributed by atoms with Crippen molar-refractivity contribution >= 4 is 11.9 Å². The van der Waals surface area contributed by atoms with E-state index in [0.717, 1.165) is 5.56 Å². The van der Waals surface area contributed by atoms with E-state index in [1.807, 2.05) is 37.3 Å². The number of carbonyl (C=O) groups excluding carboxylic acids is 1. The van der Waals surface area contributed by atoms with Crippen molar-refractivity contribution in [3.05, 3.63) is 88.7 Å². The Bertz CT molecular complexity index is 1210. The zero-order chi connectivity index (χ0) is 24.8. The van der Waals surface area contributed by atoms with Crippen LogP contribution in [0.3, 0.4) is 0 Å². The molecule has 1 aliphatic heterocycles. The lowest BCUT2D eigenvalue weighted by Crippen LogP contribution is -2.42. The van der Waals surface area contributed by atoms with E-state index in [9.17, 15) is 14.0 Å². The number of aliphatic carboxylic acids is 1. The predicted molar refractivity (Wildman–Crippen MR) is 132 cm³/mol. The number of amides is 1. The van der Waals surface area contributed by atoms with E-state index in [0.29, 0.717) is 66.1 Å². The van der Waals surface area contributed by atoms with Crippen molar-refractivity contribution in [2.75, 3.05) is 19.7 Å². The summed E-state index contributed by atoms with van der Waals surface area (Å²) in [5.74, 6) is -0.980. The summed E-state index contributed by atoms with van der Waals surface area (Å²) in [7, 11) is 0. The normalized spacial score (nSPS) is 14.7. The summed E-state index contributed by atoms with van der Waals surface area (Å²) in [6, 6.07) is 17.5. The van der Waals surface area contributed by atoms with Crippen LogP contribution in [0.2, 0.25) is 0 Å². The number of ether oxygens (including phenoxy) is 1. The first-order valence-corrected chi connectivity index (χ1v) is 11.8. The number of halogens is 1. The number of rotatable bonds is 9. The third-order valence-electron chi connectivity index (χ3n) is 6.12. The highest BCUT2D eigenvalue weighted by atomic mass is 19.1. The molecule has 0 saturated carbocycles. The van der Waals surface area contributed by atoms with Gasteiger partial charge < -0.3 is 20.5 Å². The molecule has 0 spiro atoms. The zero-order valence-electron chi connectivity index (χ0n) is 19.6. The Kier molecular flexibility index (Phi) is 7.77. The van der Waals surface area contributed by atoms with E-state index in [-0.39, 0.29) is 18.1 Å². The molecule has 4 rings (SSSR count). The van der Waals surface area contributed by atoms with Gasteiger partial charge in [-0.05, 0) is 59.7 Å². The largest absolute Gasteiger partial charge is 0.493 e. The summed E-state index contributed by atoms with van der Waals surface area (Å²) in [5.41, 5.74) is 4.24. The van der Waals surface area contributed by atoms with Crippen LogP contribution >= 0.6 is 0 Å². The van der Waals surface area contributed by atoms with Gasteiger partial charge in [0.2, 0.25) is 5.91 Å². The minimum Gasteiger partial charge on any atom is -0.493 e. The SMILES string of the molecule is CCOc1cc(CC(=O)O)ccc1-c1ccc(F)c2c1C(C(=O)NCCc1ccccc1)NCC2. The summed E-state index contributed by atoms with van der Waals surface area (Å²) >= 11 is 0. The fourth-order valence-electron chi connectivity index (χ4n) is 4.55. The Labute approximate surface area is 204 Å². The van der Waals surface area contributed by atoms with E-state index < -0.39 is 12.0 Å². The van der Waals surface area contributed by atoms with Crippen LogP contribution in [0.4, 0.5) is 4.39 Å². The Balaban J connectivity index is 1.67. The third kappa shape index (κ3) is 5.69. The Morgan fingerprint density at radius 3 is 2.60 bits per heavy atom. The third-order valence-corrected chi connectivity index (χ3v) is 6.12. The molecular formula is C28H29FN2O4. The molecule has 0 bridgehead atoms. The molecule has 35 heavy (non-hydrogen) atoms. The molecule has 0 aliphatic carbocycles. The van der Waals surface area contributed by atoms with Gasteiger partial charge in [0.05, 0.1) is 13.0 Å². The van der Waals surface area contributed by atoms with Crippen LogP contribution in [0.5, 0.6) is 5.75 Å². The van der Waals surface area contributed by atoms with E-state index in [4.69, 9.17) is 9.84 Å². The number of hydrogen-bond donors (Lipinski definition) is 3. The molecule has 1 amide bonds. The second-order valence-corrected chi connectivity index (χ2v) is 8.48. The van der Waals surface area contributed by atoms with Crippen molar-refractivity contribution in [3.8, 4) is 16.9 Å². The lowest BCUT2D eigenvalue weighted by molar-refractivity contribution is -0.136. The molecule has 0 fully saturated rings. The zero-order valence-corrected chi connectivity index (χ0v) is 19.6. The topological polar surface area (TPSA) is 87.7 Å². The van der Waals surface area contributed by atoms with Gasteiger partial charge in [-0.25, -0.2) is 4.39 Å². The Morgan fingerprint density at radius 2 is 1.86 bits per heavy atom. The summed E-state index contributed by atoms with van der Waals surface area (Å²) in [6.45, 7) is 3.18. The van der Waals surface area contributed by atoms with Gasteiger partial charge in [0.15, 0.2) is 0 Å². The first-order chi connectivity index (χ1) is 17.0. The van der Waals surface area contributed by atoms with Gasteiger partial charge in [-0.2, -0.15) is 0 Å². The van der Waals surface area contributed by atoms with E-state index >= 15 is 0 Å². The van der Waals surface area contributed by atoms with Gasteiger partial charge in [-0.3, -0.25) is 9.59 Å². The fraction of sp³-hybridized carbons (Fsp3) is 0.286. The van der Waals surface area contributed by atoms with Crippen molar-refractivity contribution in [3.63, 3.8) is 0 Å². The van der Waals surface area contributed by atoms with Crippen LogP contribution in [0.25, 0.3) is 11.1 Å². The van der Waals surface area contributed by atoms with Gasteiger partial charge in [-0.15, -0.1) is 0 Å². The van der Waals surface area contributed by atoms with Gasteiger partial charge in [0.25, 0.3) is 0 Å². The summed E-state index contributed by atoms with van der Waals surface area (Å²) < 4.78 is 20.7. The van der Waals surface area contributed by atoms with Crippen molar-refractivity contribution in [1.29, 1.82) is 0 Å². The van der Waals surface area contributed by atoms with Gasteiger partial charge in [0.1, 0.15) is 17.6 Å². The molecule has 0 saturated heterocycles. The number of carboxylic acid groups (broad SMARTS) is 1. The highest BCUT2D eigenvalue weighted by Gasteiger charge is 2.31. The smallest absolute Gasteiger partial charge is 0.307 e.